The third kappa shape index (κ3) is 1.59. The second-order valence-electron chi connectivity index (χ2n) is 2.32. The predicted octanol–water partition coefficient (Wildman–Crippen LogP) is -1.19. The molecule has 0 radical (unpaired) electrons. The third-order valence-corrected chi connectivity index (χ3v) is 2.30. The molecule has 12 heavy (non-hydrogen) atoms. The van der Waals surface area contributed by atoms with Gasteiger partial charge in [-0.3, -0.25) is 14.3 Å². The first-order valence-electron chi connectivity index (χ1n) is 3.15. The Morgan fingerprint density at radius 2 is 2.17 bits per heavy atom. The van der Waals surface area contributed by atoms with Gasteiger partial charge in [0.25, 0.3) is 0 Å². The van der Waals surface area contributed by atoms with Crippen molar-refractivity contribution in [1.82, 2.24) is 9.55 Å². The zero-order chi connectivity index (χ0) is 9.30. The van der Waals surface area contributed by atoms with E-state index in [9.17, 15) is 14.1 Å². The summed E-state index contributed by atoms with van der Waals surface area (Å²) in [4.78, 5) is 24.0. The summed E-state index contributed by atoms with van der Waals surface area (Å²) in [6.45, 7) is 0. The normalized spacial score (nSPS) is 12.9. The van der Waals surface area contributed by atoms with Crippen LogP contribution in [0.15, 0.2) is 20.7 Å². The van der Waals surface area contributed by atoms with E-state index in [1.165, 1.54) is 24.1 Å². The molecule has 1 rings (SSSR count). The Bertz CT molecular complexity index is 393. The Morgan fingerprint density at radius 1 is 1.58 bits per heavy atom. The molecule has 0 aromatic carbocycles. The monoisotopic (exact) mass is 188 g/mol. The number of hydrogen-bond donors (Lipinski definition) is 1. The second-order valence-corrected chi connectivity index (χ2v) is 3.67. The summed E-state index contributed by atoms with van der Waals surface area (Å²) in [5, 5.41) is 0. The molecular formula is C6H8N2O3S. The van der Waals surface area contributed by atoms with Crippen LogP contribution in [0.5, 0.6) is 0 Å². The molecular weight excluding hydrogens is 180 g/mol. The molecule has 1 aromatic rings. The van der Waals surface area contributed by atoms with Gasteiger partial charge in [-0.1, -0.05) is 0 Å². The van der Waals surface area contributed by atoms with Gasteiger partial charge in [0.05, 0.1) is 6.20 Å². The van der Waals surface area contributed by atoms with E-state index in [-0.39, 0.29) is 4.90 Å². The fourth-order valence-corrected chi connectivity index (χ4v) is 1.36. The number of rotatable bonds is 1. The van der Waals surface area contributed by atoms with Gasteiger partial charge < -0.3 is 4.55 Å². The van der Waals surface area contributed by atoms with Crippen LogP contribution >= 0.6 is 0 Å². The zero-order valence-electron chi connectivity index (χ0n) is 6.66. The van der Waals surface area contributed by atoms with Crippen molar-refractivity contribution in [3.63, 3.8) is 0 Å². The Labute approximate surface area is 71.2 Å². The first kappa shape index (κ1) is 9.08. The summed E-state index contributed by atoms with van der Waals surface area (Å²) in [7, 11) is 1.48. The molecule has 1 N–H and O–H groups in total. The summed E-state index contributed by atoms with van der Waals surface area (Å²) in [5.41, 5.74) is -1.09. The van der Waals surface area contributed by atoms with E-state index in [1.54, 1.807) is 0 Å². The van der Waals surface area contributed by atoms with E-state index in [2.05, 4.69) is 0 Å². The highest BCUT2D eigenvalue weighted by Gasteiger charge is 2.11. The van der Waals surface area contributed by atoms with Crippen LogP contribution < -0.4 is 11.2 Å². The average molecular weight is 188 g/mol. The maximum Gasteiger partial charge on any atom is 0.328 e. The van der Waals surface area contributed by atoms with Crippen LogP contribution in [0, 0.1) is 0 Å². The SMILES string of the molecule is Cn1cc([S+](C)[O-])c(=O)[nH]c1=O. The third-order valence-electron chi connectivity index (χ3n) is 1.39. The van der Waals surface area contributed by atoms with Crippen molar-refractivity contribution in [2.24, 2.45) is 7.05 Å². The first-order valence-corrected chi connectivity index (χ1v) is 4.71. The van der Waals surface area contributed by atoms with Gasteiger partial charge in [-0.15, -0.1) is 0 Å². The minimum absolute atomic E-state index is 0.108. The minimum Gasteiger partial charge on any atom is -0.611 e. The Balaban J connectivity index is 3.44. The summed E-state index contributed by atoms with van der Waals surface area (Å²) in [6.07, 6.45) is 2.66. The fourth-order valence-electron chi connectivity index (χ4n) is 0.745. The van der Waals surface area contributed by atoms with E-state index in [1.807, 2.05) is 4.98 Å². The van der Waals surface area contributed by atoms with Gasteiger partial charge >= 0.3 is 11.2 Å². The lowest BCUT2D eigenvalue weighted by atomic mass is 10.6. The first-order chi connectivity index (χ1) is 5.52. The molecule has 6 heteroatoms. The Kier molecular flexibility index (Phi) is 2.39. The van der Waals surface area contributed by atoms with Crippen LogP contribution in [0.2, 0.25) is 0 Å². The second kappa shape index (κ2) is 3.16. The highest BCUT2D eigenvalue weighted by molar-refractivity contribution is 7.90. The molecule has 1 atom stereocenters. The summed E-state index contributed by atoms with van der Waals surface area (Å²) < 4.78 is 12.1. The lowest BCUT2D eigenvalue weighted by Gasteiger charge is -2.03. The van der Waals surface area contributed by atoms with Gasteiger partial charge in [-0.25, -0.2) is 4.79 Å². The number of nitrogens with zero attached hydrogens (tertiary/aromatic N) is 1. The number of hydrogen-bond acceptors (Lipinski definition) is 3. The topological polar surface area (TPSA) is 77.9 Å². The molecule has 0 bridgehead atoms. The molecule has 66 valence electrons. The van der Waals surface area contributed by atoms with Crippen molar-refractivity contribution < 1.29 is 4.55 Å². The highest BCUT2D eigenvalue weighted by atomic mass is 32.2. The maximum atomic E-state index is 11.0. The quantitative estimate of drug-likeness (QED) is 0.563. The summed E-state index contributed by atoms with van der Waals surface area (Å²) in [5.74, 6) is 0. The Hall–Kier alpha value is -1.01. The van der Waals surface area contributed by atoms with Crippen molar-refractivity contribution in [3.8, 4) is 0 Å². The van der Waals surface area contributed by atoms with Crippen LogP contribution in [0.1, 0.15) is 0 Å². The van der Waals surface area contributed by atoms with E-state index < -0.39 is 22.4 Å². The largest absolute Gasteiger partial charge is 0.611 e. The van der Waals surface area contributed by atoms with Crippen LogP contribution in [0.4, 0.5) is 0 Å². The molecule has 0 spiro atoms. The molecule has 0 saturated carbocycles. The molecule has 5 nitrogen and oxygen atoms in total. The molecule has 1 aromatic heterocycles. The molecule has 0 aliphatic rings. The minimum atomic E-state index is -1.36. The molecule has 0 amide bonds. The van der Waals surface area contributed by atoms with E-state index >= 15 is 0 Å². The lowest BCUT2D eigenvalue weighted by molar-refractivity contribution is 0.596. The van der Waals surface area contributed by atoms with Crippen LogP contribution in [0.25, 0.3) is 0 Å². The number of aromatic nitrogens is 2. The number of nitrogens with one attached hydrogen (secondary N) is 1. The van der Waals surface area contributed by atoms with Crippen LogP contribution in [-0.2, 0) is 18.2 Å². The molecule has 1 unspecified atom stereocenters. The van der Waals surface area contributed by atoms with Crippen LogP contribution in [-0.4, -0.2) is 20.4 Å². The molecule has 0 fully saturated rings. The van der Waals surface area contributed by atoms with Crippen molar-refractivity contribution in [1.29, 1.82) is 0 Å². The molecule has 0 saturated heterocycles. The molecule has 1 heterocycles. The van der Waals surface area contributed by atoms with Crippen LogP contribution in [0.3, 0.4) is 0 Å². The standard InChI is InChI=1S/C6H8N2O3S/c1-8-3-4(12(2)11)5(9)7-6(8)10/h3H,1-2H3,(H,7,9,10). The maximum absolute atomic E-state index is 11.0. The zero-order valence-corrected chi connectivity index (χ0v) is 7.47. The average Bonchev–Trinajstić information content (AvgIpc) is 1.96. The number of H-pyrrole nitrogens is 1. The predicted molar refractivity (Wildman–Crippen MR) is 44.6 cm³/mol. The Morgan fingerprint density at radius 3 is 2.67 bits per heavy atom. The summed E-state index contributed by atoms with van der Waals surface area (Å²) in [6, 6.07) is 0. The van der Waals surface area contributed by atoms with E-state index in [0.717, 1.165) is 0 Å². The van der Waals surface area contributed by atoms with Gasteiger partial charge in [0.15, 0.2) is 0 Å². The van der Waals surface area contributed by atoms with Gasteiger partial charge in [-0.2, -0.15) is 0 Å². The molecule has 0 aliphatic heterocycles. The van der Waals surface area contributed by atoms with Gasteiger partial charge in [-0.05, 0) is 11.2 Å². The lowest BCUT2D eigenvalue weighted by Crippen LogP contribution is -2.31. The summed E-state index contributed by atoms with van der Waals surface area (Å²) >= 11 is -1.36. The highest BCUT2D eigenvalue weighted by Crippen LogP contribution is 1.96. The number of aryl methyl sites for hydroxylation is 1. The molecule has 0 aliphatic carbocycles. The van der Waals surface area contributed by atoms with E-state index in [0.29, 0.717) is 0 Å². The fraction of sp³-hybridized carbons (Fsp3) is 0.333. The van der Waals surface area contributed by atoms with Gasteiger partial charge in [0, 0.05) is 7.05 Å². The van der Waals surface area contributed by atoms with Crippen molar-refractivity contribution >= 4 is 11.2 Å². The van der Waals surface area contributed by atoms with Crippen molar-refractivity contribution in [3.05, 3.63) is 27.0 Å². The smallest absolute Gasteiger partial charge is 0.328 e. The number of aromatic amines is 1. The van der Waals surface area contributed by atoms with Crippen molar-refractivity contribution in [2.45, 2.75) is 4.90 Å². The van der Waals surface area contributed by atoms with Gasteiger partial charge in [0.1, 0.15) is 6.26 Å². The van der Waals surface area contributed by atoms with Crippen molar-refractivity contribution in [2.75, 3.05) is 6.26 Å². The van der Waals surface area contributed by atoms with Gasteiger partial charge in [0.2, 0.25) is 4.90 Å². The van der Waals surface area contributed by atoms with E-state index in [4.69, 9.17) is 0 Å².